The molecule has 0 spiro atoms. The zero-order valence-electron chi connectivity index (χ0n) is 12.3. The van der Waals surface area contributed by atoms with Crippen LogP contribution in [0.2, 0.25) is 0 Å². The molecule has 0 aliphatic rings. The SMILES string of the molecule is CCN(CC)S(=O)(=O)c1ccc(NC(=O)/C=C\C(=O)O)cc1. The highest BCUT2D eigenvalue weighted by Crippen LogP contribution is 2.18. The minimum atomic E-state index is -3.54. The standard InChI is InChI=1S/C14H18N2O5S/c1-3-16(4-2)22(20,21)12-7-5-11(6-8-12)15-13(17)9-10-14(18)19/h5-10H,3-4H2,1-2H3,(H,15,17)(H,18,19)/b10-9-. The molecule has 1 amide bonds. The molecule has 1 rings (SSSR count). The number of carboxylic acid groups (broad SMARTS) is 1. The van der Waals surface area contributed by atoms with E-state index in [1.807, 2.05) is 0 Å². The van der Waals surface area contributed by atoms with Gasteiger partial charge in [-0.3, -0.25) is 4.79 Å². The summed E-state index contributed by atoms with van der Waals surface area (Å²) in [6.45, 7) is 4.25. The van der Waals surface area contributed by atoms with Gasteiger partial charge in [-0.2, -0.15) is 4.31 Å². The van der Waals surface area contributed by atoms with Crippen molar-refractivity contribution >= 4 is 27.6 Å². The van der Waals surface area contributed by atoms with Gasteiger partial charge in [0.25, 0.3) is 0 Å². The predicted octanol–water partition coefficient (Wildman–Crippen LogP) is 1.30. The second kappa shape index (κ2) is 7.71. The van der Waals surface area contributed by atoms with Crippen LogP contribution in [0.5, 0.6) is 0 Å². The van der Waals surface area contributed by atoms with Crippen molar-refractivity contribution in [3.05, 3.63) is 36.4 Å². The Morgan fingerprint density at radius 3 is 2.14 bits per heavy atom. The maximum Gasteiger partial charge on any atom is 0.328 e. The molecule has 0 aromatic heterocycles. The van der Waals surface area contributed by atoms with E-state index in [-0.39, 0.29) is 4.90 Å². The lowest BCUT2D eigenvalue weighted by Crippen LogP contribution is -2.30. The average molecular weight is 326 g/mol. The van der Waals surface area contributed by atoms with Crippen molar-refractivity contribution in [3.63, 3.8) is 0 Å². The van der Waals surface area contributed by atoms with Gasteiger partial charge in [-0.25, -0.2) is 13.2 Å². The minimum absolute atomic E-state index is 0.135. The van der Waals surface area contributed by atoms with Gasteiger partial charge in [0.2, 0.25) is 15.9 Å². The van der Waals surface area contributed by atoms with E-state index in [0.717, 1.165) is 6.08 Å². The van der Waals surface area contributed by atoms with E-state index in [1.165, 1.54) is 28.6 Å². The molecule has 0 fully saturated rings. The summed E-state index contributed by atoms with van der Waals surface area (Å²) in [6, 6.07) is 5.68. The summed E-state index contributed by atoms with van der Waals surface area (Å²) in [6.07, 6.45) is 1.59. The van der Waals surface area contributed by atoms with E-state index >= 15 is 0 Å². The van der Waals surface area contributed by atoms with Gasteiger partial charge in [-0.1, -0.05) is 13.8 Å². The van der Waals surface area contributed by atoms with Crippen LogP contribution in [0.25, 0.3) is 0 Å². The van der Waals surface area contributed by atoms with Crippen molar-refractivity contribution in [1.82, 2.24) is 4.31 Å². The number of hydrogen-bond acceptors (Lipinski definition) is 4. The first kappa shape index (κ1) is 17.9. The van der Waals surface area contributed by atoms with Crippen LogP contribution in [0, 0.1) is 0 Å². The summed E-state index contributed by atoms with van der Waals surface area (Å²) in [5, 5.41) is 10.9. The molecule has 0 heterocycles. The number of hydrogen-bond donors (Lipinski definition) is 2. The largest absolute Gasteiger partial charge is 0.478 e. The van der Waals surface area contributed by atoms with E-state index in [1.54, 1.807) is 13.8 Å². The monoisotopic (exact) mass is 326 g/mol. The van der Waals surface area contributed by atoms with Crippen molar-refractivity contribution in [3.8, 4) is 0 Å². The molecule has 0 bridgehead atoms. The summed E-state index contributed by atoms with van der Waals surface area (Å²) in [5.41, 5.74) is 0.374. The zero-order chi connectivity index (χ0) is 16.8. The first-order valence-corrected chi connectivity index (χ1v) is 8.07. The lowest BCUT2D eigenvalue weighted by atomic mass is 10.3. The molecular weight excluding hydrogens is 308 g/mol. The summed E-state index contributed by atoms with van der Waals surface area (Å²) < 4.78 is 25.9. The number of carbonyl (C=O) groups is 2. The van der Waals surface area contributed by atoms with E-state index in [2.05, 4.69) is 5.32 Å². The fourth-order valence-corrected chi connectivity index (χ4v) is 3.21. The van der Waals surface area contributed by atoms with Gasteiger partial charge in [0.1, 0.15) is 0 Å². The Labute approximate surface area is 129 Å². The third-order valence-corrected chi connectivity index (χ3v) is 4.91. The molecule has 0 unspecified atom stereocenters. The van der Waals surface area contributed by atoms with Crippen LogP contribution >= 0.6 is 0 Å². The highest BCUT2D eigenvalue weighted by Gasteiger charge is 2.21. The Morgan fingerprint density at radius 2 is 1.68 bits per heavy atom. The van der Waals surface area contributed by atoms with Crippen LogP contribution in [0.3, 0.4) is 0 Å². The molecule has 0 atom stereocenters. The smallest absolute Gasteiger partial charge is 0.328 e. The molecule has 120 valence electrons. The second-order valence-corrected chi connectivity index (χ2v) is 6.21. The predicted molar refractivity (Wildman–Crippen MR) is 82.0 cm³/mol. The lowest BCUT2D eigenvalue weighted by molar-refractivity contribution is -0.131. The molecule has 0 saturated carbocycles. The van der Waals surface area contributed by atoms with Gasteiger partial charge in [0.15, 0.2) is 0 Å². The number of carboxylic acids is 1. The van der Waals surface area contributed by atoms with Gasteiger partial charge < -0.3 is 10.4 Å². The van der Waals surface area contributed by atoms with Crippen LogP contribution in [-0.2, 0) is 19.6 Å². The molecule has 2 N–H and O–H groups in total. The van der Waals surface area contributed by atoms with Crippen molar-refractivity contribution in [2.75, 3.05) is 18.4 Å². The number of carbonyl (C=O) groups excluding carboxylic acids is 1. The fourth-order valence-electron chi connectivity index (χ4n) is 1.75. The molecule has 1 aromatic rings. The maximum atomic E-state index is 12.3. The zero-order valence-corrected chi connectivity index (χ0v) is 13.1. The van der Waals surface area contributed by atoms with Crippen LogP contribution in [0.4, 0.5) is 5.69 Å². The minimum Gasteiger partial charge on any atom is -0.478 e. The molecule has 22 heavy (non-hydrogen) atoms. The first-order chi connectivity index (χ1) is 10.3. The van der Waals surface area contributed by atoms with E-state index in [0.29, 0.717) is 24.9 Å². The second-order valence-electron chi connectivity index (χ2n) is 4.27. The lowest BCUT2D eigenvalue weighted by Gasteiger charge is -2.18. The number of nitrogens with zero attached hydrogens (tertiary/aromatic N) is 1. The number of anilines is 1. The third-order valence-electron chi connectivity index (χ3n) is 2.84. The van der Waals surface area contributed by atoms with Gasteiger partial charge in [0.05, 0.1) is 4.90 Å². The average Bonchev–Trinajstić information content (AvgIpc) is 2.46. The number of nitrogens with one attached hydrogen (secondary N) is 1. The number of aliphatic carboxylic acids is 1. The topological polar surface area (TPSA) is 104 Å². The summed E-state index contributed by atoms with van der Waals surface area (Å²) in [4.78, 5) is 21.8. The van der Waals surface area contributed by atoms with E-state index < -0.39 is 21.9 Å². The van der Waals surface area contributed by atoms with Crippen molar-refractivity contribution in [2.24, 2.45) is 0 Å². The molecule has 8 heteroatoms. The molecule has 7 nitrogen and oxygen atoms in total. The van der Waals surface area contributed by atoms with Gasteiger partial charge in [0, 0.05) is 30.9 Å². The Morgan fingerprint density at radius 1 is 1.14 bits per heavy atom. The van der Waals surface area contributed by atoms with Gasteiger partial charge >= 0.3 is 5.97 Å². The number of benzene rings is 1. The highest BCUT2D eigenvalue weighted by atomic mass is 32.2. The Hall–Kier alpha value is -2.19. The molecule has 0 radical (unpaired) electrons. The Bertz CT molecular complexity index is 661. The molecule has 0 aliphatic carbocycles. The van der Waals surface area contributed by atoms with Crippen LogP contribution in [0.15, 0.2) is 41.3 Å². The highest BCUT2D eigenvalue weighted by molar-refractivity contribution is 7.89. The number of rotatable bonds is 7. The number of sulfonamides is 1. The quantitative estimate of drug-likeness (QED) is 0.735. The van der Waals surface area contributed by atoms with E-state index in [4.69, 9.17) is 5.11 Å². The summed E-state index contributed by atoms with van der Waals surface area (Å²) in [7, 11) is -3.54. The summed E-state index contributed by atoms with van der Waals surface area (Å²) >= 11 is 0. The van der Waals surface area contributed by atoms with Crippen LogP contribution in [0.1, 0.15) is 13.8 Å². The molecule has 1 aromatic carbocycles. The third kappa shape index (κ3) is 4.68. The van der Waals surface area contributed by atoms with Crippen molar-refractivity contribution in [2.45, 2.75) is 18.7 Å². The van der Waals surface area contributed by atoms with Gasteiger partial charge in [-0.15, -0.1) is 0 Å². The van der Waals surface area contributed by atoms with Crippen molar-refractivity contribution < 1.29 is 23.1 Å². The van der Waals surface area contributed by atoms with Crippen molar-refractivity contribution in [1.29, 1.82) is 0 Å². The normalized spacial score (nSPS) is 11.8. The molecule has 0 saturated heterocycles. The molecular formula is C14H18N2O5S. The maximum absolute atomic E-state index is 12.3. The van der Waals surface area contributed by atoms with E-state index in [9.17, 15) is 18.0 Å². The van der Waals surface area contributed by atoms with Gasteiger partial charge in [-0.05, 0) is 24.3 Å². The first-order valence-electron chi connectivity index (χ1n) is 6.63. The molecule has 0 aliphatic heterocycles. The fraction of sp³-hybridized carbons (Fsp3) is 0.286. The number of amides is 1. The van der Waals surface area contributed by atoms with Crippen LogP contribution in [-0.4, -0.2) is 42.8 Å². The Kier molecular flexibility index (Phi) is 6.26. The Balaban J connectivity index is 2.87. The van der Waals surface area contributed by atoms with Crippen LogP contribution < -0.4 is 5.32 Å². The summed E-state index contributed by atoms with van der Waals surface area (Å²) in [5.74, 6) is -1.84.